The first-order valence-corrected chi connectivity index (χ1v) is 7.28. The molecule has 0 atom stereocenters. The third-order valence-electron chi connectivity index (χ3n) is 3.31. The lowest BCUT2D eigenvalue weighted by molar-refractivity contribution is -0.137. The van der Waals surface area contributed by atoms with Gasteiger partial charge in [0, 0.05) is 12.6 Å². The fourth-order valence-corrected chi connectivity index (χ4v) is 2.23. The standard InChI is InChI=1S/C17H13F3N2O3/c1-10-21-14-8-12(5-6-15(14)25-10)22-16(23)9-24-13-4-2-3-11(7-13)17(18,19)20/h2-8H,9H2,1H3,(H,22,23). The number of nitrogens with zero attached hydrogens (tertiary/aromatic N) is 1. The van der Waals surface area contributed by atoms with E-state index >= 15 is 0 Å². The first-order chi connectivity index (χ1) is 11.8. The van der Waals surface area contributed by atoms with Crippen LogP contribution in [0.2, 0.25) is 0 Å². The molecule has 5 nitrogen and oxygen atoms in total. The Morgan fingerprint density at radius 3 is 2.80 bits per heavy atom. The second kappa shape index (κ2) is 6.46. The summed E-state index contributed by atoms with van der Waals surface area (Å²) >= 11 is 0. The number of hydrogen-bond donors (Lipinski definition) is 1. The minimum Gasteiger partial charge on any atom is -0.484 e. The lowest BCUT2D eigenvalue weighted by Gasteiger charge is -2.10. The number of carbonyl (C=O) groups excluding carboxylic acids is 1. The maximum absolute atomic E-state index is 12.6. The maximum atomic E-state index is 12.6. The molecule has 0 saturated carbocycles. The number of alkyl halides is 3. The van der Waals surface area contributed by atoms with E-state index in [2.05, 4.69) is 10.3 Å². The molecule has 2 aromatic carbocycles. The number of hydrogen-bond acceptors (Lipinski definition) is 4. The summed E-state index contributed by atoms with van der Waals surface area (Å²) < 4.78 is 48.4. The van der Waals surface area contributed by atoms with Crippen molar-refractivity contribution in [2.24, 2.45) is 0 Å². The van der Waals surface area contributed by atoms with Gasteiger partial charge in [-0.3, -0.25) is 4.79 Å². The number of ether oxygens (including phenoxy) is 1. The molecule has 0 saturated heterocycles. The van der Waals surface area contributed by atoms with Crippen LogP contribution in [-0.2, 0) is 11.0 Å². The van der Waals surface area contributed by atoms with Crippen molar-refractivity contribution < 1.29 is 27.1 Å². The van der Waals surface area contributed by atoms with Crippen molar-refractivity contribution in [2.75, 3.05) is 11.9 Å². The van der Waals surface area contributed by atoms with Crippen LogP contribution in [0.1, 0.15) is 11.5 Å². The average Bonchev–Trinajstić information content (AvgIpc) is 2.92. The third-order valence-corrected chi connectivity index (χ3v) is 3.31. The predicted molar refractivity (Wildman–Crippen MR) is 84.3 cm³/mol. The molecule has 1 N–H and O–H groups in total. The first kappa shape index (κ1) is 16.8. The van der Waals surface area contributed by atoms with Crippen LogP contribution in [0.5, 0.6) is 5.75 Å². The second-order valence-corrected chi connectivity index (χ2v) is 5.28. The van der Waals surface area contributed by atoms with Crippen LogP contribution in [0.4, 0.5) is 18.9 Å². The number of rotatable bonds is 4. The third kappa shape index (κ3) is 4.09. The molecule has 3 aromatic rings. The van der Waals surface area contributed by atoms with Crippen molar-refractivity contribution in [1.29, 1.82) is 0 Å². The van der Waals surface area contributed by atoms with E-state index < -0.39 is 24.3 Å². The minimum absolute atomic E-state index is 0.0347. The molecule has 3 rings (SSSR count). The Bertz CT molecular complexity index is 919. The molecular weight excluding hydrogens is 337 g/mol. The maximum Gasteiger partial charge on any atom is 0.416 e. The predicted octanol–water partition coefficient (Wildman–Crippen LogP) is 4.17. The Morgan fingerprint density at radius 2 is 2.04 bits per heavy atom. The molecule has 0 unspecified atom stereocenters. The number of aryl methyl sites for hydroxylation is 1. The quantitative estimate of drug-likeness (QED) is 0.767. The zero-order chi connectivity index (χ0) is 18.0. The molecule has 1 heterocycles. The summed E-state index contributed by atoms with van der Waals surface area (Å²) in [4.78, 5) is 16.1. The highest BCUT2D eigenvalue weighted by Crippen LogP contribution is 2.31. The van der Waals surface area contributed by atoms with Crippen molar-refractivity contribution in [3.8, 4) is 5.75 Å². The van der Waals surface area contributed by atoms with Crippen LogP contribution >= 0.6 is 0 Å². The van der Waals surface area contributed by atoms with Gasteiger partial charge in [0.1, 0.15) is 11.3 Å². The Morgan fingerprint density at radius 1 is 1.24 bits per heavy atom. The highest BCUT2D eigenvalue weighted by molar-refractivity contribution is 5.93. The van der Waals surface area contributed by atoms with Gasteiger partial charge in [-0.2, -0.15) is 13.2 Å². The summed E-state index contributed by atoms with van der Waals surface area (Å²) in [5.74, 6) is -0.0316. The Hall–Kier alpha value is -3.03. The molecule has 8 heteroatoms. The van der Waals surface area contributed by atoms with E-state index in [0.29, 0.717) is 22.7 Å². The SMILES string of the molecule is Cc1nc2cc(NC(=O)COc3cccc(C(F)(F)F)c3)ccc2o1. The van der Waals surface area contributed by atoms with E-state index in [1.54, 1.807) is 25.1 Å². The van der Waals surface area contributed by atoms with Gasteiger partial charge in [-0.1, -0.05) is 6.07 Å². The van der Waals surface area contributed by atoms with Crippen molar-refractivity contribution in [1.82, 2.24) is 4.98 Å². The first-order valence-electron chi connectivity index (χ1n) is 7.28. The van der Waals surface area contributed by atoms with E-state index in [0.717, 1.165) is 12.1 Å². The van der Waals surface area contributed by atoms with E-state index in [1.807, 2.05) is 0 Å². The second-order valence-electron chi connectivity index (χ2n) is 5.28. The van der Waals surface area contributed by atoms with Gasteiger partial charge in [0.2, 0.25) is 0 Å². The van der Waals surface area contributed by atoms with Crippen LogP contribution in [0.25, 0.3) is 11.1 Å². The number of carbonyl (C=O) groups is 1. The molecule has 0 aliphatic rings. The Balaban J connectivity index is 1.62. The lowest BCUT2D eigenvalue weighted by atomic mass is 10.2. The molecule has 0 radical (unpaired) electrons. The molecule has 1 aromatic heterocycles. The summed E-state index contributed by atoms with van der Waals surface area (Å²) in [5.41, 5.74) is 0.834. The fraction of sp³-hybridized carbons (Fsp3) is 0.176. The summed E-state index contributed by atoms with van der Waals surface area (Å²) in [5, 5.41) is 2.59. The molecule has 1 amide bonds. The number of amides is 1. The van der Waals surface area contributed by atoms with Gasteiger partial charge in [0.15, 0.2) is 18.1 Å². The smallest absolute Gasteiger partial charge is 0.416 e. The van der Waals surface area contributed by atoms with Gasteiger partial charge in [0.05, 0.1) is 5.56 Å². The highest BCUT2D eigenvalue weighted by Gasteiger charge is 2.30. The highest BCUT2D eigenvalue weighted by atomic mass is 19.4. The van der Waals surface area contributed by atoms with Crippen molar-refractivity contribution in [2.45, 2.75) is 13.1 Å². The number of benzene rings is 2. The average molecular weight is 350 g/mol. The van der Waals surface area contributed by atoms with Gasteiger partial charge in [-0.05, 0) is 36.4 Å². The number of oxazole rings is 1. The number of halogens is 3. The van der Waals surface area contributed by atoms with Crippen molar-refractivity contribution in [3.63, 3.8) is 0 Å². The van der Waals surface area contributed by atoms with Crippen LogP contribution in [0.3, 0.4) is 0 Å². The topological polar surface area (TPSA) is 64.4 Å². The van der Waals surface area contributed by atoms with Gasteiger partial charge >= 0.3 is 6.18 Å². The summed E-state index contributed by atoms with van der Waals surface area (Å²) in [6.07, 6.45) is -4.47. The number of nitrogens with one attached hydrogen (secondary N) is 1. The molecule has 0 fully saturated rings. The largest absolute Gasteiger partial charge is 0.484 e. The molecule has 0 aliphatic heterocycles. The number of fused-ring (bicyclic) bond motifs is 1. The monoisotopic (exact) mass is 350 g/mol. The van der Waals surface area contributed by atoms with E-state index in [4.69, 9.17) is 9.15 Å². The van der Waals surface area contributed by atoms with E-state index in [-0.39, 0.29) is 5.75 Å². The number of anilines is 1. The molecule has 25 heavy (non-hydrogen) atoms. The van der Waals surface area contributed by atoms with E-state index in [9.17, 15) is 18.0 Å². The molecule has 0 aliphatic carbocycles. The van der Waals surface area contributed by atoms with Gasteiger partial charge in [-0.15, -0.1) is 0 Å². The van der Waals surface area contributed by atoms with Crippen molar-refractivity contribution >= 4 is 22.7 Å². The normalized spacial score (nSPS) is 11.5. The molecule has 0 spiro atoms. The van der Waals surface area contributed by atoms with Crippen LogP contribution < -0.4 is 10.1 Å². The van der Waals surface area contributed by atoms with Gasteiger partial charge < -0.3 is 14.5 Å². The summed E-state index contributed by atoms with van der Waals surface area (Å²) in [6.45, 7) is 1.29. The van der Waals surface area contributed by atoms with Crippen molar-refractivity contribution in [3.05, 3.63) is 53.9 Å². The zero-order valence-corrected chi connectivity index (χ0v) is 13.1. The lowest BCUT2D eigenvalue weighted by Crippen LogP contribution is -2.20. The van der Waals surface area contributed by atoms with Crippen LogP contribution in [0.15, 0.2) is 46.9 Å². The molecular formula is C17H13F3N2O3. The molecule has 130 valence electrons. The van der Waals surface area contributed by atoms with E-state index in [1.165, 1.54) is 12.1 Å². The van der Waals surface area contributed by atoms with Crippen LogP contribution in [-0.4, -0.2) is 17.5 Å². The van der Waals surface area contributed by atoms with Crippen LogP contribution in [0, 0.1) is 6.92 Å². The van der Waals surface area contributed by atoms with Gasteiger partial charge in [-0.25, -0.2) is 4.98 Å². The Kier molecular flexibility index (Phi) is 4.35. The number of aromatic nitrogens is 1. The van der Waals surface area contributed by atoms with Gasteiger partial charge in [0.25, 0.3) is 5.91 Å². The Labute approximate surface area is 140 Å². The fourth-order valence-electron chi connectivity index (χ4n) is 2.23. The minimum atomic E-state index is -4.47. The summed E-state index contributed by atoms with van der Waals surface area (Å²) in [7, 11) is 0. The summed E-state index contributed by atoms with van der Waals surface area (Å²) in [6, 6.07) is 9.28. The zero-order valence-electron chi connectivity index (χ0n) is 13.1. The molecule has 0 bridgehead atoms.